The van der Waals surface area contributed by atoms with Crippen LogP contribution in [0.2, 0.25) is 0 Å². The number of likely N-dealkylation sites (tertiary alicyclic amines) is 1. The lowest BCUT2D eigenvalue weighted by molar-refractivity contribution is 0.0671. The molecule has 1 unspecified atom stereocenters. The topological polar surface area (TPSA) is 45.5 Å². The highest BCUT2D eigenvalue weighted by Gasteiger charge is 2.26. The van der Waals surface area contributed by atoms with Gasteiger partial charge in [0.2, 0.25) is 0 Å². The van der Waals surface area contributed by atoms with Crippen LogP contribution >= 0.6 is 24.0 Å². The van der Waals surface area contributed by atoms with Crippen LogP contribution in [0.3, 0.4) is 0 Å². The Morgan fingerprint density at radius 2 is 2.12 bits per heavy atom. The molecule has 2 heterocycles. The molecule has 1 aliphatic heterocycles. The van der Waals surface area contributed by atoms with Crippen molar-refractivity contribution in [3.63, 3.8) is 0 Å². The SMILES string of the molecule is CCNC(=NCc1nccn1C(F)F)N1CCC(c2ccccc2)C1.I. The molecule has 1 saturated heterocycles. The van der Waals surface area contributed by atoms with Crippen LogP contribution < -0.4 is 5.32 Å². The van der Waals surface area contributed by atoms with Gasteiger partial charge in [-0.3, -0.25) is 4.57 Å². The van der Waals surface area contributed by atoms with Crippen LogP contribution in [0.4, 0.5) is 8.78 Å². The van der Waals surface area contributed by atoms with Crippen molar-refractivity contribution in [2.24, 2.45) is 4.99 Å². The van der Waals surface area contributed by atoms with E-state index in [1.54, 1.807) is 0 Å². The van der Waals surface area contributed by atoms with Crippen LogP contribution in [0.15, 0.2) is 47.7 Å². The summed E-state index contributed by atoms with van der Waals surface area (Å²) in [4.78, 5) is 10.7. The lowest BCUT2D eigenvalue weighted by Crippen LogP contribution is -2.40. The van der Waals surface area contributed by atoms with Gasteiger partial charge in [-0.1, -0.05) is 30.3 Å². The number of aliphatic imine (C=N–C) groups is 1. The average Bonchev–Trinajstić information content (AvgIpc) is 3.29. The molecule has 0 radical (unpaired) electrons. The molecular formula is C18H24F2IN5. The third kappa shape index (κ3) is 4.93. The molecule has 5 nitrogen and oxygen atoms in total. The number of nitrogens with zero attached hydrogens (tertiary/aromatic N) is 4. The molecule has 8 heteroatoms. The zero-order valence-corrected chi connectivity index (χ0v) is 17.0. The van der Waals surface area contributed by atoms with Gasteiger partial charge in [-0.2, -0.15) is 8.78 Å². The molecule has 1 aromatic heterocycles. The largest absolute Gasteiger partial charge is 0.357 e. The monoisotopic (exact) mass is 475 g/mol. The van der Waals surface area contributed by atoms with Crippen molar-refractivity contribution in [2.45, 2.75) is 32.4 Å². The van der Waals surface area contributed by atoms with Crippen molar-refractivity contribution in [1.29, 1.82) is 0 Å². The Bertz CT molecular complexity index is 705. The van der Waals surface area contributed by atoms with E-state index in [4.69, 9.17) is 0 Å². The molecule has 0 amide bonds. The number of aromatic nitrogens is 2. The minimum Gasteiger partial charge on any atom is -0.357 e. The molecule has 2 aromatic rings. The van der Waals surface area contributed by atoms with Gasteiger partial charge in [-0.05, 0) is 18.9 Å². The van der Waals surface area contributed by atoms with E-state index in [1.165, 1.54) is 18.0 Å². The van der Waals surface area contributed by atoms with Gasteiger partial charge in [0.05, 0.1) is 0 Å². The summed E-state index contributed by atoms with van der Waals surface area (Å²) in [5.41, 5.74) is 1.33. The molecule has 1 aliphatic rings. The Kier molecular flexibility index (Phi) is 7.80. The van der Waals surface area contributed by atoms with E-state index < -0.39 is 6.55 Å². The molecule has 1 fully saturated rings. The molecular weight excluding hydrogens is 451 g/mol. The van der Waals surface area contributed by atoms with Gasteiger partial charge in [0.15, 0.2) is 5.96 Å². The summed E-state index contributed by atoms with van der Waals surface area (Å²) in [6.07, 6.45) is 3.72. The predicted octanol–water partition coefficient (Wildman–Crippen LogP) is 3.85. The van der Waals surface area contributed by atoms with Gasteiger partial charge in [0, 0.05) is 37.9 Å². The smallest absolute Gasteiger partial charge is 0.319 e. The van der Waals surface area contributed by atoms with Crippen LogP contribution in [0.25, 0.3) is 0 Å². The number of nitrogens with one attached hydrogen (secondary N) is 1. The maximum Gasteiger partial charge on any atom is 0.319 e. The van der Waals surface area contributed by atoms with Crippen molar-refractivity contribution in [3.05, 3.63) is 54.1 Å². The Morgan fingerprint density at radius 3 is 2.81 bits per heavy atom. The lowest BCUT2D eigenvalue weighted by atomic mass is 9.99. The van der Waals surface area contributed by atoms with Gasteiger partial charge in [-0.15, -0.1) is 24.0 Å². The molecule has 1 atom stereocenters. The second-order valence-electron chi connectivity index (χ2n) is 6.04. The third-order valence-corrected chi connectivity index (χ3v) is 4.42. The molecule has 1 N–H and O–H groups in total. The fraction of sp³-hybridized carbons (Fsp3) is 0.444. The summed E-state index contributed by atoms with van der Waals surface area (Å²) in [7, 11) is 0. The maximum atomic E-state index is 12.9. The summed E-state index contributed by atoms with van der Waals surface area (Å²) >= 11 is 0. The van der Waals surface area contributed by atoms with E-state index in [2.05, 4.69) is 44.5 Å². The molecule has 3 rings (SSSR count). The van der Waals surface area contributed by atoms with E-state index in [0.29, 0.717) is 5.92 Å². The average molecular weight is 475 g/mol. The summed E-state index contributed by atoms with van der Waals surface area (Å²) in [5.74, 6) is 1.49. The van der Waals surface area contributed by atoms with E-state index in [1.807, 2.05) is 13.0 Å². The quantitative estimate of drug-likeness (QED) is 0.406. The third-order valence-electron chi connectivity index (χ3n) is 4.42. The zero-order valence-electron chi connectivity index (χ0n) is 14.7. The van der Waals surface area contributed by atoms with Crippen LogP contribution in [0, 0.1) is 0 Å². The highest BCUT2D eigenvalue weighted by atomic mass is 127. The van der Waals surface area contributed by atoms with Gasteiger partial charge >= 0.3 is 6.55 Å². The number of halogens is 3. The molecule has 0 spiro atoms. The Balaban J connectivity index is 0.00000243. The van der Waals surface area contributed by atoms with Crippen LogP contribution in [0.5, 0.6) is 0 Å². The fourth-order valence-corrected chi connectivity index (χ4v) is 3.17. The summed E-state index contributed by atoms with van der Waals surface area (Å²) in [6, 6.07) is 10.4. The molecule has 1 aromatic carbocycles. The van der Waals surface area contributed by atoms with Gasteiger partial charge in [0.1, 0.15) is 12.4 Å². The van der Waals surface area contributed by atoms with Crippen molar-refractivity contribution < 1.29 is 8.78 Å². The lowest BCUT2D eigenvalue weighted by Gasteiger charge is -2.21. The first kappa shape index (κ1) is 20.6. The minimum atomic E-state index is -2.59. The first-order valence-corrected chi connectivity index (χ1v) is 8.57. The predicted molar refractivity (Wildman–Crippen MR) is 109 cm³/mol. The number of alkyl halides is 2. The van der Waals surface area contributed by atoms with Gasteiger partial charge < -0.3 is 10.2 Å². The van der Waals surface area contributed by atoms with Crippen molar-refractivity contribution in [3.8, 4) is 0 Å². The number of hydrogen-bond acceptors (Lipinski definition) is 2. The van der Waals surface area contributed by atoms with Crippen LogP contribution in [0.1, 0.15) is 37.2 Å². The minimum absolute atomic E-state index is 0. The summed E-state index contributed by atoms with van der Waals surface area (Å²) in [6.45, 7) is 2.04. The number of imidazole rings is 1. The fourth-order valence-electron chi connectivity index (χ4n) is 3.17. The van der Waals surface area contributed by atoms with Crippen molar-refractivity contribution >= 4 is 29.9 Å². The summed E-state index contributed by atoms with van der Waals surface area (Å²) < 4.78 is 26.7. The number of rotatable bonds is 5. The number of benzene rings is 1. The normalized spacial score (nSPS) is 17.5. The zero-order chi connectivity index (χ0) is 17.6. The van der Waals surface area contributed by atoms with E-state index >= 15 is 0 Å². The molecule has 0 saturated carbocycles. The van der Waals surface area contributed by atoms with Crippen molar-refractivity contribution in [1.82, 2.24) is 19.8 Å². The maximum absolute atomic E-state index is 12.9. The Hall–Kier alpha value is -1.71. The standard InChI is InChI=1S/C18H23F2N5.HI/c1-2-21-18(23-12-16-22-9-11-25(16)17(19)20)24-10-8-15(13-24)14-6-4-3-5-7-14;/h3-7,9,11,15,17H,2,8,10,12-13H2,1H3,(H,21,23);1H. The van der Waals surface area contributed by atoms with E-state index in [0.717, 1.165) is 36.6 Å². The Labute approximate surface area is 169 Å². The number of guanidine groups is 1. The van der Waals surface area contributed by atoms with E-state index in [9.17, 15) is 8.78 Å². The molecule has 26 heavy (non-hydrogen) atoms. The highest BCUT2D eigenvalue weighted by Crippen LogP contribution is 2.27. The van der Waals surface area contributed by atoms with E-state index in [-0.39, 0.29) is 36.3 Å². The second-order valence-corrected chi connectivity index (χ2v) is 6.04. The molecule has 142 valence electrons. The van der Waals surface area contributed by atoms with Crippen LogP contribution in [-0.2, 0) is 6.54 Å². The summed E-state index contributed by atoms with van der Waals surface area (Å²) in [5, 5.41) is 3.26. The first-order valence-electron chi connectivity index (χ1n) is 8.57. The molecule has 0 bridgehead atoms. The van der Waals surface area contributed by atoms with Crippen molar-refractivity contribution in [2.75, 3.05) is 19.6 Å². The van der Waals surface area contributed by atoms with Gasteiger partial charge in [-0.25, -0.2) is 9.98 Å². The Morgan fingerprint density at radius 1 is 1.35 bits per heavy atom. The second kappa shape index (κ2) is 9.84. The highest BCUT2D eigenvalue weighted by molar-refractivity contribution is 14.0. The number of hydrogen-bond donors (Lipinski definition) is 1. The van der Waals surface area contributed by atoms with Gasteiger partial charge in [0.25, 0.3) is 0 Å². The first-order chi connectivity index (χ1) is 12.2. The van der Waals surface area contributed by atoms with Crippen LogP contribution in [-0.4, -0.2) is 40.0 Å². The molecule has 0 aliphatic carbocycles.